The van der Waals surface area contributed by atoms with Crippen molar-refractivity contribution in [1.29, 1.82) is 0 Å². The quantitative estimate of drug-likeness (QED) is 0.640. The van der Waals surface area contributed by atoms with Crippen LogP contribution in [0.3, 0.4) is 0 Å². The van der Waals surface area contributed by atoms with E-state index in [4.69, 9.17) is 0 Å². The Kier molecular flexibility index (Phi) is 5.62. The number of hydrogen-bond donors (Lipinski definition) is 2. The molecule has 1 saturated carbocycles. The second-order valence-corrected chi connectivity index (χ2v) is 7.85. The zero-order chi connectivity index (χ0) is 13.7. The lowest BCUT2D eigenvalue weighted by Gasteiger charge is -2.29. The molecule has 0 aromatic carbocycles. The first kappa shape index (κ1) is 15.2. The molecule has 1 atom stereocenters. The fourth-order valence-electron chi connectivity index (χ4n) is 2.59. The van der Waals surface area contributed by atoms with Gasteiger partial charge in [-0.15, -0.1) is 0 Å². The summed E-state index contributed by atoms with van der Waals surface area (Å²) in [6.45, 7) is 2.86. The number of sulfonamides is 1. The number of hydrogen-bond acceptors (Lipinski definition) is 4. The van der Waals surface area contributed by atoms with E-state index in [9.17, 15) is 8.42 Å². The smallest absolute Gasteiger partial charge is 0.211 e. The summed E-state index contributed by atoms with van der Waals surface area (Å²) in [4.78, 5) is 2.19. The van der Waals surface area contributed by atoms with Crippen LogP contribution in [0.5, 0.6) is 0 Å². The first-order chi connectivity index (χ1) is 9.05. The molecule has 0 aromatic rings. The summed E-state index contributed by atoms with van der Waals surface area (Å²) < 4.78 is 26.8. The standard InChI is InChI=1S/C13H27N3O2S/c1-16-9-4-5-13(11-16)15-19(17,18)10-3-2-8-14-12-6-7-12/h12-15H,2-11H2,1H3. The van der Waals surface area contributed by atoms with Crippen molar-refractivity contribution in [3.8, 4) is 0 Å². The molecule has 2 aliphatic rings. The van der Waals surface area contributed by atoms with Crippen LogP contribution in [0.4, 0.5) is 0 Å². The highest BCUT2D eigenvalue weighted by Gasteiger charge is 2.22. The van der Waals surface area contributed by atoms with Gasteiger partial charge in [-0.1, -0.05) is 0 Å². The molecule has 1 heterocycles. The summed E-state index contributed by atoms with van der Waals surface area (Å²) >= 11 is 0. The highest BCUT2D eigenvalue weighted by atomic mass is 32.2. The minimum atomic E-state index is -3.09. The molecule has 5 nitrogen and oxygen atoms in total. The topological polar surface area (TPSA) is 61.4 Å². The molecule has 2 N–H and O–H groups in total. The van der Waals surface area contributed by atoms with Gasteiger partial charge in [0.1, 0.15) is 0 Å². The molecule has 0 spiro atoms. The SMILES string of the molecule is CN1CCCC(NS(=O)(=O)CCCCNC2CC2)C1. The molecule has 1 saturated heterocycles. The third-order valence-electron chi connectivity index (χ3n) is 3.82. The predicted octanol–water partition coefficient (Wildman–Crippen LogP) is 0.532. The molecule has 0 amide bonds. The van der Waals surface area contributed by atoms with Crippen LogP contribution >= 0.6 is 0 Å². The van der Waals surface area contributed by atoms with Crippen LogP contribution in [-0.2, 0) is 10.0 Å². The van der Waals surface area contributed by atoms with Crippen molar-refractivity contribution in [3.05, 3.63) is 0 Å². The Labute approximate surface area is 117 Å². The van der Waals surface area contributed by atoms with E-state index >= 15 is 0 Å². The van der Waals surface area contributed by atoms with Gasteiger partial charge in [0.25, 0.3) is 0 Å². The van der Waals surface area contributed by atoms with Gasteiger partial charge in [0.05, 0.1) is 5.75 Å². The Morgan fingerprint density at radius 1 is 1.16 bits per heavy atom. The number of piperidine rings is 1. The number of likely N-dealkylation sites (tertiary alicyclic amines) is 1. The maximum Gasteiger partial charge on any atom is 0.211 e. The van der Waals surface area contributed by atoms with Crippen LogP contribution in [0.2, 0.25) is 0 Å². The monoisotopic (exact) mass is 289 g/mol. The maximum atomic E-state index is 12.0. The molecule has 19 heavy (non-hydrogen) atoms. The third kappa shape index (κ3) is 6.21. The lowest BCUT2D eigenvalue weighted by atomic mass is 10.1. The van der Waals surface area contributed by atoms with Crippen LogP contribution in [0, 0.1) is 0 Å². The second-order valence-electron chi connectivity index (χ2n) is 5.97. The van der Waals surface area contributed by atoms with E-state index in [1.807, 2.05) is 7.05 Å². The molecular weight excluding hydrogens is 262 g/mol. The van der Waals surface area contributed by atoms with E-state index < -0.39 is 10.0 Å². The van der Waals surface area contributed by atoms with E-state index in [2.05, 4.69) is 14.9 Å². The van der Waals surface area contributed by atoms with E-state index in [0.29, 0.717) is 6.04 Å². The summed E-state index contributed by atoms with van der Waals surface area (Å²) in [7, 11) is -1.05. The molecule has 1 aliphatic carbocycles. The van der Waals surface area contributed by atoms with Crippen LogP contribution in [0.25, 0.3) is 0 Å². The van der Waals surface area contributed by atoms with Crippen molar-refractivity contribution in [3.63, 3.8) is 0 Å². The number of nitrogens with zero attached hydrogens (tertiary/aromatic N) is 1. The Balaban J connectivity index is 1.60. The molecule has 1 aliphatic heterocycles. The van der Waals surface area contributed by atoms with E-state index in [1.165, 1.54) is 12.8 Å². The highest BCUT2D eigenvalue weighted by molar-refractivity contribution is 7.89. The summed E-state index contributed by atoms with van der Waals surface area (Å²) in [5, 5.41) is 3.41. The summed E-state index contributed by atoms with van der Waals surface area (Å²) in [5.74, 6) is 0.263. The molecule has 2 rings (SSSR count). The van der Waals surface area contributed by atoms with Crippen LogP contribution < -0.4 is 10.0 Å². The minimum Gasteiger partial charge on any atom is -0.314 e. The maximum absolute atomic E-state index is 12.0. The Hall–Kier alpha value is -0.170. The minimum absolute atomic E-state index is 0.105. The van der Waals surface area contributed by atoms with E-state index in [0.717, 1.165) is 45.3 Å². The van der Waals surface area contributed by atoms with Gasteiger partial charge in [-0.25, -0.2) is 13.1 Å². The van der Waals surface area contributed by atoms with E-state index in [1.54, 1.807) is 0 Å². The molecule has 2 fully saturated rings. The zero-order valence-electron chi connectivity index (χ0n) is 11.9. The number of likely N-dealkylation sites (N-methyl/N-ethyl adjacent to an activating group) is 1. The predicted molar refractivity (Wildman–Crippen MR) is 77.7 cm³/mol. The van der Waals surface area contributed by atoms with Gasteiger partial charge in [-0.2, -0.15) is 0 Å². The normalized spacial score (nSPS) is 25.6. The van der Waals surface area contributed by atoms with Crippen LogP contribution in [-0.4, -0.2) is 57.8 Å². The molecule has 6 heteroatoms. The van der Waals surface area contributed by atoms with Gasteiger partial charge in [0.15, 0.2) is 0 Å². The molecule has 1 unspecified atom stereocenters. The van der Waals surface area contributed by atoms with Gasteiger partial charge in [-0.3, -0.25) is 0 Å². The van der Waals surface area contributed by atoms with Crippen molar-refractivity contribution in [2.45, 2.75) is 50.6 Å². The van der Waals surface area contributed by atoms with Crippen molar-refractivity contribution in [1.82, 2.24) is 14.9 Å². The first-order valence-electron chi connectivity index (χ1n) is 7.47. The lowest BCUT2D eigenvalue weighted by Crippen LogP contribution is -2.46. The van der Waals surface area contributed by atoms with Gasteiger partial charge in [0.2, 0.25) is 10.0 Å². The fraction of sp³-hybridized carbons (Fsp3) is 1.00. The molecule has 0 radical (unpaired) electrons. The van der Waals surface area contributed by atoms with Crippen molar-refractivity contribution >= 4 is 10.0 Å². The average molecular weight is 289 g/mol. The second kappa shape index (κ2) is 7.02. The first-order valence-corrected chi connectivity index (χ1v) is 9.12. The highest BCUT2D eigenvalue weighted by Crippen LogP contribution is 2.18. The summed E-state index contributed by atoms with van der Waals surface area (Å²) in [6.07, 6.45) is 6.31. The Morgan fingerprint density at radius 3 is 2.63 bits per heavy atom. The van der Waals surface area contributed by atoms with Crippen molar-refractivity contribution in [2.24, 2.45) is 0 Å². The number of unbranched alkanes of at least 4 members (excludes halogenated alkanes) is 1. The van der Waals surface area contributed by atoms with Gasteiger partial charge < -0.3 is 10.2 Å². The number of rotatable bonds is 8. The van der Waals surface area contributed by atoms with Gasteiger partial charge >= 0.3 is 0 Å². The summed E-state index contributed by atoms with van der Waals surface area (Å²) in [6, 6.07) is 0.820. The van der Waals surface area contributed by atoms with Gasteiger partial charge in [0, 0.05) is 18.6 Å². The zero-order valence-corrected chi connectivity index (χ0v) is 12.7. The molecular formula is C13H27N3O2S. The van der Waals surface area contributed by atoms with Crippen molar-refractivity contribution in [2.75, 3.05) is 32.4 Å². The third-order valence-corrected chi connectivity index (χ3v) is 5.34. The van der Waals surface area contributed by atoms with E-state index in [-0.39, 0.29) is 11.8 Å². The average Bonchev–Trinajstić information content (AvgIpc) is 3.11. The van der Waals surface area contributed by atoms with Crippen molar-refractivity contribution < 1.29 is 8.42 Å². The molecule has 112 valence electrons. The molecule has 0 bridgehead atoms. The Morgan fingerprint density at radius 2 is 1.95 bits per heavy atom. The van der Waals surface area contributed by atoms with Gasteiger partial charge in [-0.05, 0) is 58.7 Å². The Bertz CT molecular complexity index is 368. The lowest BCUT2D eigenvalue weighted by molar-refractivity contribution is 0.242. The van der Waals surface area contributed by atoms with Crippen LogP contribution in [0.15, 0.2) is 0 Å². The summed E-state index contributed by atoms with van der Waals surface area (Å²) in [5.41, 5.74) is 0. The fourth-order valence-corrected chi connectivity index (χ4v) is 3.99. The number of nitrogens with one attached hydrogen (secondary N) is 2. The molecule has 0 aromatic heterocycles. The largest absolute Gasteiger partial charge is 0.314 e. The van der Waals surface area contributed by atoms with Crippen LogP contribution in [0.1, 0.15) is 38.5 Å².